The first-order valence-corrected chi connectivity index (χ1v) is 7.02. The summed E-state index contributed by atoms with van der Waals surface area (Å²) in [7, 11) is -3.30. The molecule has 2 aromatic rings. The van der Waals surface area contributed by atoms with Crippen molar-refractivity contribution in [2.24, 2.45) is 7.05 Å². The summed E-state index contributed by atoms with van der Waals surface area (Å²) in [6, 6.07) is 7.45. The maximum Gasteiger partial charge on any atom is 0.367 e. The molecule has 2 rings (SSSR count). The minimum absolute atomic E-state index is 0.147. The first-order chi connectivity index (χ1) is 9.28. The molecule has 0 bridgehead atoms. The summed E-state index contributed by atoms with van der Waals surface area (Å²) < 4.78 is 51.4. The molecular formula is C13H12FNO4S. The fourth-order valence-electron chi connectivity index (χ4n) is 1.85. The topological polar surface area (TPSA) is 70.3 Å². The average molecular weight is 297 g/mol. The summed E-state index contributed by atoms with van der Waals surface area (Å²) in [6.45, 7) is 1.75. The summed E-state index contributed by atoms with van der Waals surface area (Å²) in [5.41, 5.74) is 1.48. The fourth-order valence-corrected chi connectivity index (χ4v) is 2.19. The molecule has 1 aromatic carbocycles. The molecule has 0 radical (unpaired) electrons. The number of aromatic nitrogens is 1. The van der Waals surface area contributed by atoms with E-state index in [1.165, 1.54) is 16.7 Å². The van der Waals surface area contributed by atoms with Crippen molar-refractivity contribution in [3.63, 3.8) is 0 Å². The molecule has 0 fully saturated rings. The van der Waals surface area contributed by atoms with Gasteiger partial charge in [-0.2, -0.15) is 4.57 Å². The molecular weight excluding hydrogens is 285 g/mol. The summed E-state index contributed by atoms with van der Waals surface area (Å²) >= 11 is 0. The van der Waals surface area contributed by atoms with Crippen LogP contribution < -0.4 is 8.75 Å². The highest BCUT2D eigenvalue weighted by Crippen LogP contribution is 2.28. The van der Waals surface area contributed by atoms with Crippen LogP contribution in [0, 0.1) is 12.9 Å². The normalized spacial score (nSPS) is 11.4. The van der Waals surface area contributed by atoms with Crippen LogP contribution in [-0.4, -0.2) is 13.0 Å². The molecule has 0 unspecified atom stereocenters. The van der Waals surface area contributed by atoms with E-state index in [1.807, 2.05) is 0 Å². The zero-order valence-electron chi connectivity index (χ0n) is 10.8. The molecule has 20 heavy (non-hydrogen) atoms. The monoisotopic (exact) mass is 297 g/mol. The van der Waals surface area contributed by atoms with Gasteiger partial charge in [0.1, 0.15) is 12.8 Å². The highest BCUT2D eigenvalue weighted by Gasteiger charge is 2.16. The maximum absolute atomic E-state index is 14.1. The van der Waals surface area contributed by atoms with Gasteiger partial charge in [-0.1, -0.05) is 6.07 Å². The van der Waals surface area contributed by atoms with Crippen molar-refractivity contribution in [2.45, 2.75) is 6.92 Å². The smallest absolute Gasteiger partial charge is 0.367 e. The maximum atomic E-state index is 14.1. The van der Waals surface area contributed by atoms with Gasteiger partial charge in [0.15, 0.2) is 6.20 Å². The van der Waals surface area contributed by atoms with Crippen molar-refractivity contribution in [1.82, 2.24) is 0 Å². The van der Waals surface area contributed by atoms with Crippen LogP contribution >= 0.6 is 0 Å². The van der Waals surface area contributed by atoms with Gasteiger partial charge in [0.05, 0.1) is 5.56 Å². The zero-order valence-corrected chi connectivity index (χ0v) is 11.6. The molecule has 0 atom stereocenters. The third-order valence-electron chi connectivity index (χ3n) is 2.80. The molecule has 0 aliphatic rings. The molecule has 0 amide bonds. The first kappa shape index (κ1) is 14.4. The summed E-state index contributed by atoms with van der Waals surface area (Å²) in [6.07, 6.45) is 1.55. The van der Waals surface area contributed by atoms with Crippen molar-refractivity contribution < 1.29 is 26.1 Å². The van der Waals surface area contributed by atoms with E-state index in [0.29, 0.717) is 11.1 Å². The van der Waals surface area contributed by atoms with E-state index in [0.717, 1.165) is 5.56 Å². The lowest BCUT2D eigenvalue weighted by Gasteiger charge is -2.12. The Balaban J connectivity index is 2.56. The van der Waals surface area contributed by atoms with Crippen LogP contribution in [0.3, 0.4) is 0 Å². The number of rotatable bonds is 3. The van der Waals surface area contributed by atoms with Gasteiger partial charge >= 0.3 is 5.95 Å². The number of halogens is 1. The number of nitrogens with zero attached hydrogens (tertiary/aromatic N) is 1. The van der Waals surface area contributed by atoms with Gasteiger partial charge < -0.3 is 8.74 Å². The molecule has 0 N–H and O–H groups in total. The van der Waals surface area contributed by atoms with Crippen LogP contribution in [0.1, 0.15) is 5.56 Å². The van der Waals surface area contributed by atoms with Gasteiger partial charge in [0.2, 0.25) is 0 Å². The molecule has 0 spiro atoms. The van der Waals surface area contributed by atoms with E-state index in [9.17, 15) is 17.4 Å². The second kappa shape index (κ2) is 5.18. The number of pyridine rings is 1. The molecule has 0 aliphatic heterocycles. The van der Waals surface area contributed by atoms with Crippen LogP contribution in [0.4, 0.5) is 4.39 Å². The number of hydrogen-bond donors (Lipinski definition) is 0. The van der Waals surface area contributed by atoms with Gasteiger partial charge in [0.25, 0.3) is 10.4 Å². The first-order valence-electron chi connectivity index (χ1n) is 5.68. The van der Waals surface area contributed by atoms with E-state index in [4.69, 9.17) is 0 Å². The quantitative estimate of drug-likeness (QED) is 0.372. The molecule has 0 saturated heterocycles. The van der Waals surface area contributed by atoms with Crippen LogP contribution in [0.15, 0.2) is 36.5 Å². The Morgan fingerprint density at radius 1 is 1.25 bits per heavy atom. The van der Waals surface area contributed by atoms with Crippen molar-refractivity contribution in [3.05, 3.63) is 48.0 Å². The van der Waals surface area contributed by atoms with Gasteiger partial charge in [-0.25, -0.2) is 8.42 Å². The minimum Gasteiger partial charge on any atom is -0.716 e. The molecule has 1 aromatic heterocycles. The van der Waals surface area contributed by atoms with Crippen molar-refractivity contribution >= 4 is 10.4 Å². The summed E-state index contributed by atoms with van der Waals surface area (Å²) in [4.78, 5) is 0. The molecule has 0 saturated carbocycles. The third-order valence-corrected chi connectivity index (χ3v) is 3.20. The minimum atomic E-state index is -4.86. The number of hydrogen-bond acceptors (Lipinski definition) is 4. The van der Waals surface area contributed by atoms with Crippen molar-refractivity contribution in [3.8, 4) is 16.9 Å². The van der Waals surface area contributed by atoms with E-state index >= 15 is 0 Å². The van der Waals surface area contributed by atoms with Gasteiger partial charge in [-0.3, -0.25) is 0 Å². The zero-order chi connectivity index (χ0) is 14.9. The lowest BCUT2D eigenvalue weighted by atomic mass is 10.0. The highest BCUT2D eigenvalue weighted by atomic mass is 32.3. The summed E-state index contributed by atoms with van der Waals surface area (Å²) in [5.74, 6) is -0.621. The predicted octanol–water partition coefficient (Wildman–Crippen LogP) is 1.46. The second-order valence-electron chi connectivity index (χ2n) is 4.29. The predicted molar refractivity (Wildman–Crippen MR) is 68.1 cm³/mol. The Labute approximate surface area is 116 Å². The Morgan fingerprint density at radius 2 is 1.95 bits per heavy atom. The highest BCUT2D eigenvalue weighted by molar-refractivity contribution is 7.81. The van der Waals surface area contributed by atoms with Crippen LogP contribution in [-0.2, 0) is 17.4 Å². The van der Waals surface area contributed by atoms with Gasteiger partial charge in [-0.15, -0.1) is 4.39 Å². The lowest BCUT2D eigenvalue weighted by Crippen LogP contribution is -2.32. The van der Waals surface area contributed by atoms with Crippen molar-refractivity contribution in [2.75, 3.05) is 0 Å². The van der Waals surface area contributed by atoms with Crippen molar-refractivity contribution in [1.29, 1.82) is 0 Å². The number of aryl methyl sites for hydroxylation is 2. The van der Waals surface area contributed by atoms with Crippen LogP contribution in [0.25, 0.3) is 11.1 Å². The van der Waals surface area contributed by atoms with E-state index in [2.05, 4.69) is 4.18 Å². The Bertz CT molecular complexity index is 759. The lowest BCUT2D eigenvalue weighted by molar-refractivity contribution is -0.699. The Morgan fingerprint density at radius 3 is 2.60 bits per heavy atom. The molecule has 0 aliphatic carbocycles. The molecule has 106 valence electrons. The Hall–Kier alpha value is -1.99. The van der Waals surface area contributed by atoms with Crippen LogP contribution in [0.2, 0.25) is 0 Å². The van der Waals surface area contributed by atoms with Gasteiger partial charge in [-0.05, 0) is 36.2 Å². The van der Waals surface area contributed by atoms with E-state index in [1.54, 1.807) is 38.4 Å². The second-order valence-corrected chi connectivity index (χ2v) is 5.28. The van der Waals surface area contributed by atoms with Crippen LogP contribution in [0.5, 0.6) is 5.75 Å². The van der Waals surface area contributed by atoms with E-state index in [-0.39, 0.29) is 5.75 Å². The van der Waals surface area contributed by atoms with Gasteiger partial charge in [0, 0.05) is 6.07 Å². The Kier molecular flexibility index (Phi) is 3.74. The standard InChI is InChI=1S/C13H12FNO4S/c1-9-5-6-10(19-20(16,17)18)8-12(9)11-4-3-7-15(2)13(11)14/h3-8H,1-2H3. The SMILES string of the molecule is Cc1ccc(OS(=O)(=O)[O-])cc1-c1ccc[n+](C)c1F. The average Bonchev–Trinajstić information content (AvgIpc) is 2.34. The molecule has 1 heterocycles. The molecule has 5 nitrogen and oxygen atoms in total. The largest absolute Gasteiger partial charge is 0.716 e. The molecule has 7 heteroatoms. The third kappa shape index (κ3) is 3.12. The fraction of sp³-hybridized carbons (Fsp3) is 0.154. The summed E-state index contributed by atoms with van der Waals surface area (Å²) in [5, 5.41) is 0. The number of benzene rings is 1. The van der Waals surface area contributed by atoms with E-state index < -0.39 is 16.3 Å².